The third-order valence-corrected chi connectivity index (χ3v) is 4.32. The zero-order valence-electron chi connectivity index (χ0n) is 13.2. The Kier molecular flexibility index (Phi) is 6.33. The number of halogens is 2. The van der Waals surface area contributed by atoms with Crippen LogP contribution in [-0.4, -0.2) is 24.2 Å². The first-order valence-electron chi connectivity index (χ1n) is 7.96. The van der Waals surface area contributed by atoms with Gasteiger partial charge in [-0.3, -0.25) is 4.79 Å². The third kappa shape index (κ3) is 5.46. The highest BCUT2D eigenvalue weighted by molar-refractivity contribution is 5.78. The van der Waals surface area contributed by atoms with Crippen molar-refractivity contribution >= 4 is 5.91 Å². The number of rotatable bonds is 6. The van der Waals surface area contributed by atoms with E-state index in [4.69, 9.17) is 0 Å². The maximum atomic E-state index is 12.2. The summed E-state index contributed by atoms with van der Waals surface area (Å²) in [4.78, 5) is 12.1. The molecule has 2 rings (SSSR count). The molecule has 1 aliphatic rings. The molecule has 23 heavy (non-hydrogen) atoms. The number of aliphatic hydroxyl groups is 1. The number of carbonyl (C=O) groups excluding carboxylic acids is 1. The van der Waals surface area contributed by atoms with Gasteiger partial charge < -0.3 is 15.2 Å². The first kappa shape index (κ1) is 17.7. The van der Waals surface area contributed by atoms with Crippen molar-refractivity contribution in [3.63, 3.8) is 0 Å². The minimum Gasteiger partial charge on any atom is -0.435 e. The Balaban J connectivity index is 1.84. The molecule has 1 aromatic carbocycles. The average molecular weight is 327 g/mol. The molecular formula is C17H23F2NO3. The SMILES string of the molecule is CC1CCC(C(=O)NCC(O)c2cccc(OC(F)F)c2)CC1. The van der Waals surface area contributed by atoms with Gasteiger partial charge in [-0.15, -0.1) is 0 Å². The summed E-state index contributed by atoms with van der Waals surface area (Å²) in [6.07, 6.45) is 2.89. The summed E-state index contributed by atoms with van der Waals surface area (Å²) in [5.41, 5.74) is 0.431. The fraction of sp³-hybridized carbons (Fsp3) is 0.588. The summed E-state index contributed by atoms with van der Waals surface area (Å²) in [7, 11) is 0. The summed E-state index contributed by atoms with van der Waals surface area (Å²) < 4.78 is 28.7. The van der Waals surface area contributed by atoms with Crippen molar-refractivity contribution in [1.82, 2.24) is 5.32 Å². The molecule has 0 aromatic heterocycles. The van der Waals surface area contributed by atoms with E-state index in [0.29, 0.717) is 11.5 Å². The highest BCUT2D eigenvalue weighted by Crippen LogP contribution is 2.28. The zero-order chi connectivity index (χ0) is 16.8. The Labute approximate surface area is 134 Å². The van der Waals surface area contributed by atoms with Gasteiger partial charge in [-0.2, -0.15) is 8.78 Å². The van der Waals surface area contributed by atoms with E-state index in [1.807, 2.05) is 0 Å². The van der Waals surface area contributed by atoms with E-state index in [-0.39, 0.29) is 24.1 Å². The minimum absolute atomic E-state index is 0.00639. The van der Waals surface area contributed by atoms with E-state index in [1.54, 1.807) is 6.07 Å². The second-order valence-corrected chi connectivity index (χ2v) is 6.17. The van der Waals surface area contributed by atoms with Gasteiger partial charge in [0.1, 0.15) is 5.75 Å². The van der Waals surface area contributed by atoms with E-state index in [2.05, 4.69) is 17.0 Å². The molecule has 0 radical (unpaired) electrons. The summed E-state index contributed by atoms with van der Waals surface area (Å²) in [5.74, 6) is 0.620. The number of carbonyl (C=O) groups is 1. The van der Waals surface area contributed by atoms with Crippen LogP contribution in [0.4, 0.5) is 8.78 Å². The first-order valence-corrected chi connectivity index (χ1v) is 7.96. The standard InChI is InChI=1S/C17H23F2NO3/c1-11-5-7-12(8-6-11)16(22)20-10-15(21)13-3-2-4-14(9-13)23-17(18)19/h2-4,9,11-12,15,17,21H,5-8,10H2,1H3,(H,20,22). The average Bonchev–Trinajstić information content (AvgIpc) is 2.52. The van der Waals surface area contributed by atoms with Crippen molar-refractivity contribution in [2.75, 3.05) is 6.54 Å². The Morgan fingerprint density at radius 3 is 2.70 bits per heavy atom. The van der Waals surface area contributed by atoms with Crippen LogP contribution in [0.3, 0.4) is 0 Å². The molecule has 128 valence electrons. The molecule has 1 fully saturated rings. The highest BCUT2D eigenvalue weighted by Gasteiger charge is 2.24. The lowest BCUT2D eigenvalue weighted by Gasteiger charge is -2.25. The number of ether oxygens (including phenoxy) is 1. The fourth-order valence-corrected chi connectivity index (χ4v) is 2.88. The summed E-state index contributed by atoms with van der Waals surface area (Å²) in [6, 6.07) is 5.88. The zero-order valence-corrected chi connectivity index (χ0v) is 13.2. The Morgan fingerprint density at radius 2 is 2.04 bits per heavy atom. The van der Waals surface area contributed by atoms with Crippen molar-refractivity contribution in [2.45, 2.75) is 45.3 Å². The number of aliphatic hydroxyl groups excluding tert-OH is 1. The minimum atomic E-state index is -2.91. The molecule has 1 amide bonds. The topological polar surface area (TPSA) is 58.6 Å². The lowest BCUT2D eigenvalue weighted by molar-refractivity contribution is -0.126. The van der Waals surface area contributed by atoms with Crippen LogP contribution < -0.4 is 10.1 Å². The van der Waals surface area contributed by atoms with Crippen molar-refractivity contribution in [3.05, 3.63) is 29.8 Å². The molecule has 0 spiro atoms. The van der Waals surface area contributed by atoms with E-state index < -0.39 is 12.7 Å². The molecular weight excluding hydrogens is 304 g/mol. The van der Waals surface area contributed by atoms with Crippen molar-refractivity contribution < 1.29 is 23.4 Å². The molecule has 1 unspecified atom stereocenters. The van der Waals surface area contributed by atoms with Gasteiger partial charge in [0.25, 0.3) is 0 Å². The van der Waals surface area contributed by atoms with Crippen LogP contribution in [0.1, 0.15) is 44.3 Å². The summed E-state index contributed by atoms with van der Waals surface area (Å²) in [5, 5.41) is 12.9. The van der Waals surface area contributed by atoms with Gasteiger partial charge in [0.15, 0.2) is 0 Å². The van der Waals surface area contributed by atoms with Crippen molar-refractivity contribution in [3.8, 4) is 5.75 Å². The molecule has 0 aliphatic heterocycles. The molecule has 1 aliphatic carbocycles. The van der Waals surface area contributed by atoms with Crippen LogP contribution in [0.25, 0.3) is 0 Å². The lowest BCUT2D eigenvalue weighted by Crippen LogP contribution is -2.35. The van der Waals surface area contributed by atoms with E-state index in [0.717, 1.165) is 25.7 Å². The number of hydrogen-bond donors (Lipinski definition) is 2. The molecule has 6 heteroatoms. The maximum absolute atomic E-state index is 12.2. The Hall–Kier alpha value is -1.69. The van der Waals surface area contributed by atoms with Crippen LogP contribution in [0.2, 0.25) is 0 Å². The van der Waals surface area contributed by atoms with Crippen LogP contribution in [0.15, 0.2) is 24.3 Å². The smallest absolute Gasteiger partial charge is 0.387 e. The molecule has 2 N–H and O–H groups in total. The van der Waals surface area contributed by atoms with Crippen LogP contribution in [0, 0.1) is 11.8 Å². The number of nitrogens with one attached hydrogen (secondary N) is 1. The van der Waals surface area contributed by atoms with Crippen molar-refractivity contribution in [1.29, 1.82) is 0 Å². The highest BCUT2D eigenvalue weighted by atomic mass is 19.3. The maximum Gasteiger partial charge on any atom is 0.387 e. The first-order chi connectivity index (χ1) is 11.0. The number of hydrogen-bond acceptors (Lipinski definition) is 3. The van der Waals surface area contributed by atoms with E-state index in [1.165, 1.54) is 18.2 Å². The number of amides is 1. The monoisotopic (exact) mass is 327 g/mol. The van der Waals surface area contributed by atoms with Gasteiger partial charge in [-0.25, -0.2) is 0 Å². The second-order valence-electron chi connectivity index (χ2n) is 6.17. The van der Waals surface area contributed by atoms with Crippen LogP contribution >= 0.6 is 0 Å². The predicted octanol–water partition coefficient (Wildman–Crippen LogP) is 3.26. The van der Waals surface area contributed by atoms with Gasteiger partial charge in [-0.1, -0.05) is 19.1 Å². The normalized spacial score (nSPS) is 22.7. The molecule has 0 bridgehead atoms. The molecule has 1 saturated carbocycles. The third-order valence-electron chi connectivity index (χ3n) is 4.32. The Bertz CT molecular complexity index is 516. The molecule has 4 nitrogen and oxygen atoms in total. The number of alkyl halides is 2. The molecule has 0 saturated heterocycles. The fourth-order valence-electron chi connectivity index (χ4n) is 2.88. The Morgan fingerprint density at radius 1 is 1.35 bits per heavy atom. The van der Waals surface area contributed by atoms with Gasteiger partial charge in [-0.05, 0) is 49.3 Å². The molecule has 0 heterocycles. The molecule has 1 atom stereocenters. The van der Waals surface area contributed by atoms with E-state index in [9.17, 15) is 18.7 Å². The second kappa shape index (κ2) is 8.24. The number of benzene rings is 1. The lowest BCUT2D eigenvalue weighted by atomic mass is 9.82. The van der Waals surface area contributed by atoms with Gasteiger partial charge in [0.2, 0.25) is 5.91 Å². The quantitative estimate of drug-likeness (QED) is 0.843. The summed E-state index contributed by atoms with van der Waals surface area (Å²) >= 11 is 0. The van der Waals surface area contributed by atoms with Crippen molar-refractivity contribution in [2.24, 2.45) is 11.8 Å². The van der Waals surface area contributed by atoms with Crippen LogP contribution in [0.5, 0.6) is 5.75 Å². The van der Waals surface area contributed by atoms with E-state index >= 15 is 0 Å². The van der Waals surface area contributed by atoms with Gasteiger partial charge in [0, 0.05) is 12.5 Å². The van der Waals surface area contributed by atoms with Gasteiger partial charge in [0.05, 0.1) is 6.10 Å². The van der Waals surface area contributed by atoms with Crippen LogP contribution in [-0.2, 0) is 4.79 Å². The molecule has 1 aromatic rings. The summed E-state index contributed by atoms with van der Waals surface area (Å²) in [6.45, 7) is -0.661. The largest absolute Gasteiger partial charge is 0.435 e. The predicted molar refractivity (Wildman–Crippen MR) is 82.2 cm³/mol. The van der Waals surface area contributed by atoms with Gasteiger partial charge >= 0.3 is 6.61 Å².